The van der Waals surface area contributed by atoms with Gasteiger partial charge < -0.3 is 24.8 Å². The number of hydrogen-bond donors (Lipinski definition) is 2. The molecule has 1 heterocycles. The first-order valence-electron chi connectivity index (χ1n) is 9.47. The molecule has 2 aromatic carbocycles. The summed E-state index contributed by atoms with van der Waals surface area (Å²) in [5.41, 5.74) is 0.485. The Morgan fingerprint density at radius 1 is 1.06 bits per heavy atom. The molecule has 1 aliphatic heterocycles. The van der Waals surface area contributed by atoms with E-state index in [1.165, 1.54) is 19.2 Å². The molecule has 31 heavy (non-hydrogen) atoms. The Kier molecular flexibility index (Phi) is 6.86. The van der Waals surface area contributed by atoms with Crippen molar-refractivity contribution in [1.82, 2.24) is 10.6 Å². The fourth-order valence-corrected chi connectivity index (χ4v) is 3.08. The van der Waals surface area contributed by atoms with Gasteiger partial charge in [0, 0.05) is 6.07 Å². The zero-order valence-corrected chi connectivity index (χ0v) is 16.9. The second-order valence-electron chi connectivity index (χ2n) is 6.48. The SMILES string of the molecule is CCOC(=O)C1=C(COC(=O)c2ccc(OC)cc2F)NC(=O)NC1c1ccccc1. The van der Waals surface area contributed by atoms with Gasteiger partial charge >= 0.3 is 18.0 Å². The summed E-state index contributed by atoms with van der Waals surface area (Å²) in [7, 11) is 1.37. The predicted molar refractivity (Wildman–Crippen MR) is 108 cm³/mol. The molecule has 0 saturated carbocycles. The van der Waals surface area contributed by atoms with E-state index in [0.29, 0.717) is 5.56 Å². The number of carbonyl (C=O) groups excluding carboxylic acids is 3. The maximum Gasteiger partial charge on any atom is 0.341 e. The average molecular weight is 428 g/mol. The number of hydrogen-bond acceptors (Lipinski definition) is 6. The molecule has 0 fully saturated rings. The highest BCUT2D eigenvalue weighted by molar-refractivity contribution is 5.95. The molecule has 0 radical (unpaired) electrons. The second-order valence-corrected chi connectivity index (χ2v) is 6.48. The van der Waals surface area contributed by atoms with Gasteiger partial charge in [0.05, 0.1) is 36.6 Å². The van der Waals surface area contributed by atoms with Crippen molar-refractivity contribution in [3.8, 4) is 5.75 Å². The van der Waals surface area contributed by atoms with Crippen molar-refractivity contribution in [3.05, 3.63) is 76.7 Å². The van der Waals surface area contributed by atoms with Crippen molar-refractivity contribution in [1.29, 1.82) is 0 Å². The number of urea groups is 1. The minimum Gasteiger partial charge on any atom is -0.497 e. The van der Waals surface area contributed by atoms with Gasteiger partial charge in [0.1, 0.15) is 18.2 Å². The first-order valence-corrected chi connectivity index (χ1v) is 9.47. The van der Waals surface area contributed by atoms with E-state index in [9.17, 15) is 18.8 Å². The molecule has 2 amide bonds. The Labute approximate surface area is 178 Å². The molecule has 0 aromatic heterocycles. The lowest BCUT2D eigenvalue weighted by molar-refractivity contribution is -0.139. The second kappa shape index (κ2) is 9.75. The largest absolute Gasteiger partial charge is 0.497 e. The van der Waals surface area contributed by atoms with Crippen molar-refractivity contribution < 1.29 is 33.0 Å². The monoisotopic (exact) mass is 428 g/mol. The van der Waals surface area contributed by atoms with Gasteiger partial charge in [-0.1, -0.05) is 30.3 Å². The number of esters is 2. The van der Waals surface area contributed by atoms with E-state index in [1.807, 2.05) is 0 Å². The Morgan fingerprint density at radius 3 is 2.45 bits per heavy atom. The molecule has 2 N–H and O–H groups in total. The summed E-state index contributed by atoms with van der Waals surface area (Å²) < 4.78 is 29.4. The summed E-state index contributed by atoms with van der Waals surface area (Å²) in [5, 5.41) is 5.15. The summed E-state index contributed by atoms with van der Waals surface area (Å²) in [5.74, 6) is -2.21. The smallest absolute Gasteiger partial charge is 0.341 e. The molecule has 0 spiro atoms. The fourth-order valence-electron chi connectivity index (χ4n) is 3.08. The quantitative estimate of drug-likeness (QED) is 0.658. The molecule has 0 saturated heterocycles. The van der Waals surface area contributed by atoms with Crippen LogP contribution in [0.4, 0.5) is 9.18 Å². The van der Waals surface area contributed by atoms with Crippen LogP contribution in [-0.2, 0) is 14.3 Å². The number of benzene rings is 2. The van der Waals surface area contributed by atoms with Gasteiger partial charge in [0.25, 0.3) is 0 Å². The number of methoxy groups -OCH3 is 1. The molecule has 0 aliphatic carbocycles. The molecule has 3 rings (SSSR count). The number of amides is 2. The standard InChI is InChI=1S/C22H21FN2O6/c1-3-30-21(27)18-17(24-22(28)25-19(18)13-7-5-4-6-8-13)12-31-20(26)15-10-9-14(29-2)11-16(15)23/h4-11,19H,3,12H2,1-2H3,(H2,24,25,28). The lowest BCUT2D eigenvalue weighted by atomic mass is 9.95. The number of nitrogens with one attached hydrogen (secondary N) is 2. The van der Waals surface area contributed by atoms with Crippen molar-refractivity contribution in [2.45, 2.75) is 13.0 Å². The van der Waals surface area contributed by atoms with Gasteiger partial charge in [-0.2, -0.15) is 0 Å². The van der Waals surface area contributed by atoms with Gasteiger partial charge in [0.2, 0.25) is 0 Å². The number of rotatable bonds is 7. The van der Waals surface area contributed by atoms with Crippen LogP contribution in [0.3, 0.4) is 0 Å². The van der Waals surface area contributed by atoms with Crippen molar-refractivity contribution in [2.24, 2.45) is 0 Å². The molecule has 9 heteroatoms. The van der Waals surface area contributed by atoms with E-state index in [2.05, 4.69) is 10.6 Å². The summed E-state index contributed by atoms with van der Waals surface area (Å²) in [6, 6.07) is 11.1. The number of halogens is 1. The van der Waals surface area contributed by atoms with Crippen molar-refractivity contribution in [3.63, 3.8) is 0 Å². The maximum atomic E-state index is 14.2. The van der Waals surface area contributed by atoms with Crippen LogP contribution in [0.2, 0.25) is 0 Å². The van der Waals surface area contributed by atoms with Crippen LogP contribution >= 0.6 is 0 Å². The third-order valence-electron chi connectivity index (χ3n) is 4.53. The first kappa shape index (κ1) is 21.8. The first-order chi connectivity index (χ1) is 14.9. The topological polar surface area (TPSA) is 103 Å². The predicted octanol–water partition coefficient (Wildman–Crippen LogP) is 2.86. The highest BCUT2D eigenvalue weighted by Crippen LogP contribution is 2.28. The summed E-state index contributed by atoms with van der Waals surface area (Å²) in [4.78, 5) is 37.2. The van der Waals surface area contributed by atoms with Gasteiger partial charge in [0.15, 0.2) is 0 Å². The van der Waals surface area contributed by atoms with Gasteiger partial charge in [-0.25, -0.2) is 18.8 Å². The van der Waals surface area contributed by atoms with Crippen LogP contribution < -0.4 is 15.4 Å². The van der Waals surface area contributed by atoms with Crippen LogP contribution in [0.1, 0.15) is 28.9 Å². The summed E-state index contributed by atoms with van der Waals surface area (Å²) in [6.07, 6.45) is 0. The summed E-state index contributed by atoms with van der Waals surface area (Å²) >= 11 is 0. The van der Waals surface area contributed by atoms with Gasteiger partial charge in [-0.3, -0.25) is 0 Å². The summed E-state index contributed by atoms with van der Waals surface area (Å²) in [6.45, 7) is 1.30. The molecule has 2 aromatic rings. The van der Waals surface area contributed by atoms with E-state index in [1.54, 1.807) is 37.3 Å². The van der Waals surface area contributed by atoms with Gasteiger partial charge in [-0.05, 0) is 24.6 Å². The highest BCUT2D eigenvalue weighted by atomic mass is 19.1. The van der Waals surface area contributed by atoms with E-state index >= 15 is 0 Å². The third-order valence-corrected chi connectivity index (χ3v) is 4.53. The Balaban J connectivity index is 1.90. The zero-order valence-electron chi connectivity index (χ0n) is 16.9. The number of ether oxygens (including phenoxy) is 3. The Hall–Kier alpha value is -3.88. The maximum absolute atomic E-state index is 14.2. The van der Waals surface area contributed by atoms with Crippen molar-refractivity contribution in [2.75, 3.05) is 20.3 Å². The molecule has 8 nitrogen and oxygen atoms in total. The van der Waals surface area contributed by atoms with Crippen LogP contribution in [0, 0.1) is 5.82 Å². The average Bonchev–Trinajstić information content (AvgIpc) is 2.77. The zero-order chi connectivity index (χ0) is 22.4. The molecular weight excluding hydrogens is 407 g/mol. The van der Waals surface area contributed by atoms with E-state index in [4.69, 9.17) is 14.2 Å². The fraction of sp³-hybridized carbons (Fsp3) is 0.227. The lowest BCUT2D eigenvalue weighted by Crippen LogP contribution is -2.47. The third kappa shape index (κ3) is 5.00. The minimum absolute atomic E-state index is 0.0540. The Morgan fingerprint density at radius 2 is 1.81 bits per heavy atom. The molecule has 1 atom stereocenters. The van der Waals surface area contributed by atoms with Crippen LogP contribution in [-0.4, -0.2) is 38.3 Å². The molecule has 0 bridgehead atoms. The molecule has 162 valence electrons. The highest BCUT2D eigenvalue weighted by Gasteiger charge is 2.34. The van der Waals surface area contributed by atoms with E-state index < -0.39 is 36.4 Å². The molecule has 1 aliphatic rings. The lowest BCUT2D eigenvalue weighted by Gasteiger charge is -2.29. The van der Waals surface area contributed by atoms with Gasteiger partial charge in [-0.15, -0.1) is 0 Å². The van der Waals surface area contributed by atoms with Crippen LogP contribution in [0.15, 0.2) is 59.8 Å². The minimum atomic E-state index is -0.958. The normalized spacial score (nSPS) is 15.6. The Bertz CT molecular complexity index is 1020. The number of carbonyl (C=O) groups is 3. The van der Waals surface area contributed by atoms with Crippen molar-refractivity contribution >= 4 is 18.0 Å². The molecular formula is C22H21FN2O6. The van der Waals surface area contributed by atoms with E-state index in [-0.39, 0.29) is 29.2 Å². The van der Waals surface area contributed by atoms with E-state index in [0.717, 1.165) is 6.07 Å². The van der Waals surface area contributed by atoms with Crippen LogP contribution in [0.5, 0.6) is 5.75 Å². The molecule has 1 unspecified atom stereocenters. The van der Waals surface area contributed by atoms with Crippen LogP contribution in [0.25, 0.3) is 0 Å².